The summed E-state index contributed by atoms with van der Waals surface area (Å²) in [5.41, 5.74) is -0.874. The van der Waals surface area contributed by atoms with Gasteiger partial charge >= 0.3 is 6.18 Å². The second-order valence-corrected chi connectivity index (χ2v) is 7.88. The number of halogens is 4. The van der Waals surface area contributed by atoms with Crippen molar-refractivity contribution in [2.75, 3.05) is 36.4 Å². The molecule has 0 saturated carbocycles. The summed E-state index contributed by atoms with van der Waals surface area (Å²) in [5, 5.41) is 7.08. The summed E-state index contributed by atoms with van der Waals surface area (Å²) in [6.45, 7) is 7.88. The highest BCUT2D eigenvalue weighted by Crippen LogP contribution is 2.33. The first-order valence-electron chi connectivity index (χ1n) is 9.64. The fourth-order valence-electron chi connectivity index (χ4n) is 3.36. The van der Waals surface area contributed by atoms with Crippen LogP contribution in [-0.4, -0.2) is 57.8 Å². The molecular weight excluding hydrogens is 421 g/mol. The molecule has 7 nitrogen and oxygen atoms in total. The van der Waals surface area contributed by atoms with Crippen LogP contribution in [0, 0.1) is 0 Å². The van der Waals surface area contributed by atoms with Gasteiger partial charge in [-0.2, -0.15) is 18.3 Å². The van der Waals surface area contributed by atoms with Crippen molar-refractivity contribution in [3.05, 3.63) is 35.1 Å². The van der Waals surface area contributed by atoms with E-state index in [1.807, 2.05) is 30.6 Å². The molecular formula is C19H24ClF3N6O. The molecule has 2 aromatic rings. The van der Waals surface area contributed by atoms with Gasteiger partial charge < -0.3 is 10.2 Å². The van der Waals surface area contributed by atoms with Crippen LogP contribution in [0.4, 0.5) is 24.8 Å². The molecule has 1 amide bonds. The number of alkyl halides is 3. The molecule has 0 aromatic carbocycles. The van der Waals surface area contributed by atoms with Crippen LogP contribution >= 0.6 is 11.6 Å². The minimum atomic E-state index is -4.48. The maximum atomic E-state index is 12.8. The molecule has 1 aliphatic heterocycles. The number of nitrogens with zero attached hydrogens (tertiary/aromatic N) is 5. The number of carbonyl (C=O) groups is 1. The van der Waals surface area contributed by atoms with Crippen molar-refractivity contribution in [2.45, 2.75) is 39.0 Å². The van der Waals surface area contributed by atoms with Crippen LogP contribution in [0.3, 0.4) is 0 Å². The number of piperazine rings is 1. The third-order valence-electron chi connectivity index (χ3n) is 5.10. The van der Waals surface area contributed by atoms with E-state index in [9.17, 15) is 18.0 Å². The number of anilines is 2. The van der Waals surface area contributed by atoms with Gasteiger partial charge in [0.15, 0.2) is 0 Å². The number of rotatable bonds is 5. The highest BCUT2D eigenvalue weighted by atomic mass is 35.5. The second-order valence-electron chi connectivity index (χ2n) is 7.47. The van der Waals surface area contributed by atoms with E-state index in [2.05, 4.69) is 15.4 Å². The molecule has 3 heterocycles. The van der Waals surface area contributed by atoms with Gasteiger partial charge in [0.05, 0.1) is 22.8 Å². The van der Waals surface area contributed by atoms with E-state index in [1.165, 1.54) is 0 Å². The molecule has 1 aliphatic rings. The first kappa shape index (κ1) is 22.4. The highest BCUT2D eigenvalue weighted by molar-refractivity contribution is 6.33. The minimum Gasteiger partial charge on any atom is -0.353 e. The van der Waals surface area contributed by atoms with Crippen molar-refractivity contribution < 1.29 is 18.0 Å². The Morgan fingerprint density at radius 2 is 1.87 bits per heavy atom. The molecule has 2 aromatic heterocycles. The van der Waals surface area contributed by atoms with Gasteiger partial charge in [0.25, 0.3) is 0 Å². The summed E-state index contributed by atoms with van der Waals surface area (Å²) in [6, 6.07) is 2.39. The van der Waals surface area contributed by atoms with Crippen molar-refractivity contribution in [3.63, 3.8) is 0 Å². The molecule has 0 aliphatic carbocycles. The Morgan fingerprint density at radius 1 is 1.20 bits per heavy atom. The summed E-state index contributed by atoms with van der Waals surface area (Å²) in [5.74, 6) is 0.819. The molecule has 11 heteroatoms. The Bertz CT molecular complexity index is 893. The van der Waals surface area contributed by atoms with Gasteiger partial charge in [-0.05, 0) is 26.8 Å². The maximum absolute atomic E-state index is 12.8. The molecule has 0 spiro atoms. The van der Waals surface area contributed by atoms with Crippen molar-refractivity contribution >= 4 is 29.1 Å². The van der Waals surface area contributed by atoms with E-state index >= 15 is 0 Å². The number of carbonyl (C=O) groups excluding carboxylic acids is 1. The van der Waals surface area contributed by atoms with Crippen LogP contribution in [0.5, 0.6) is 0 Å². The fourth-order valence-corrected chi connectivity index (χ4v) is 3.65. The standard InChI is InChI=1S/C19H24ClF3N6O/c1-12(2)29-16(4-5-25-29)26-18(30)13(3)27-6-8-28(9-7-27)17-15(20)10-14(11-24-17)19(21,22)23/h4-5,10-13H,6-9H2,1-3H3,(H,26,30)/t13-/m0/s1. The first-order chi connectivity index (χ1) is 14.1. The third kappa shape index (κ3) is 4.86. The molecule has 0 radical (unpaired) electrons. The van der Waals surface area contributed by atoms with Crippen molar-refractivity contribution in [3.8, 4) is 0 Å². The van der Waals surface area contributed by atoms with Crippen molar-refractivity contribution in [1.82, 2.24) is 19.7 Å². The van der Waals surface area contributed by atoms with E-state index in [0.717, 1.165) is 12.3 Å². The van der Waals surface area contributed by atoms with E-state index in [1.54, 1.807) is 16.9 Å². The number of nitrogens with one attached hydrogen (secondary N) is 1. The van der Waals surface area contributed by atoms with Crippen molar-refractivity contribution in [2.24, 2.45) is 0 Å². The fraction of sp³-hybridized carbons (Fsp3) is 0.526. The highest BCUT2D eigenvalue weighted by Gasteiger charge is 2.33. The Morgan fingerprint density at radius 3 is 2.43 bits per heavy atom. The van der Waals surface area contributed by atoms with Crippen LogP contribution in [0.15, 0.2) is 24.5 Å². The molecule has 1 saturated heterocycles. The molecule has 1 fully saturated rings. The molecule has 3 rings (SSSR count). The Labute approximate surface area is 177 Å². The monoisotopic (exact) mass is 444 g/mol. The lowest BCUT2D eigenvalue weighted by molar-refractivity contribution is -0.137. The minimum absolute atomic E-state index is 0.0361. The Hall–Kier alpha value is -2.33. The van der Waals surface area contributed by atoms with Crippen molar-refractivity contribution in [1.29, 1.82) is 0 Å². The van der Waals surface area contributed by atoms with Gasteiger partial charge in [0, 0.05) is 44.5 Å². The number of hydrogen-bond acceptors (Lipinski definition) is 5. The van der Waals surface area contributed by atoms with Gasteiger partial charge in [-0.15, -0.1) is 0 Å². The number of amides is 1. The lowest BCUT2D eigenvalue weighted by Gasteiger charge is -2.38. The van der Waals surface area contributed by atoms with Crippen LogP contribution in [-0.2, 0) is 11.0 Å². The van der Waals surface area contributed by atoms with E-state index in [0.29, 0.717) is 37.8 Å². The van der Waals surface area contributed by atoms with Gasteiger partial charge in [-0.3, -0.25) is 9.69 Å². The summed E-state index contributed by atoms with van der Waals surface area (Å²) < 4.78 is 40.1. The summed E-state index contributed by atoms with van der Waals surface area (Å²) in [4.78, 5) is 20.4. The molecule has 0 unspecified atom stereocenters. The topological polar surface area (TPSA) is 66.3 Å². The van der Waals surface area contributed by atoms with E-state index < -0.39 is 11.7 Å². The van der Waals surface area contributed by atoms with Gasteiger partial charge in [-0.1, -0.05) is 11.6 Å². The van der Waals surface area contributed by atoms with Crippen LogP contribution in [0.2, 0.25) is 5.02 Å². The van der Waals surface area contributed by atoms with Crippen LogP contribution < -0.4 is 10.2 Å². The molecule has 0 bridgehead atoms. The smallest absolute Gasteiger partial charge is 0.353 e. The van der Waals surface area contributed by atoms with Crippen LogP contribution in [0.25, 0.3) is 0 Å². The average molecular weight is 445 g/mol. The normalized spacial score (nSPS) is 16.7. The quantitative estimate of drug-likeness (QED) is 0.762. The molecule has 30 heavy (non-hydrogen) atoms. The predicted molar refractivity (Wildman–Crippen MR) is 109 cm³/mol. The largest absolute Gasteiger partial charge is 0.417 e. The lowest BCUT2D eigenvalue weighted by atomic mass is 10.2. The molecule has 1 N–H and O–H groups in total. The molecule has 164 valence electrons. The average Bonchev–Trinajstić information content (AvgIpc) is 3.15. The zero-order chi connectivity index (χ0) is 22.1. The number of aromatic nitrogens is 3. The zero-order valence-electron chi connectivity index (χ0n) is 16.9. The molecule has 1 atom stereocenters. The predicted octanol–water partition coefficient (Wildman–Crippen LogP) is 3.68. The number of hydrogen-bond donors (Lipinski definition) is 1. The maximum Gasteiger partial charge on any atom is 0.417 e. The third-order valence-corrected chi connectivity index (χ3v) is 5.38. The van der Waals surface area contributed by atoms with Gasteiger partial charge in [-0.25, -0.2) is 9.67 Å². The lowest BCUT2D eigenvalue weighted by Crippen LogP contribution is -2.53. The SMILES string of the molecule is CC(C)n1nccc1NC(=O)[C@H](C)N1CCN(c2ncc(C(F)(F)F)cc2Cl)CC1. The van der Waals surface area contributed by atoms with Gasteiger partial charge in [0.1, 0.15) is 11.6 Å². The number of pyridine rings is 1. The van der Waals surface area contributed by atoms with E-state index in [4.69, 9.17) is 11.6 Å². The van der Waals surface area contributed by atoms with Gasteiger partial charge in [0.2, 0.25) is 5.91 Å². The summed E-state index contributed by atoms with van der Waals surface area (Å²) in [6.07, 6.45) is -2.05. The summed E-state index contributed by atoms with van der Waals surface area (Å²) >= 11 is 6.05. The first-order valence-corrected chi connectivity index (χ1v) is 10.0. The Kier molecular flexibility index (Phi) is 6.56. The Balaban J connectivity index is 1.60. The van der Waals surface area contributed by atoms with E-state index in [-0.39, 0.29) is 23.0 Å². The second kappa shape index (κ2) is 8.81. The van der Waals surface area contributed by atoms with Crippen LogP contribution in [0.1, 0.15) is 32.4 Å². The summed E-state index contributed by atoms with van der Waals surface area (Å²) in [7, 11) is 0. The zero-order valence-corrected chi connectivity index (χ0v) is 17.7.